The first-order valence-electron chi connectivity index (χ1n) is 4.24. The van der Waals surface area contributed by atoms with E-state index in [-0.39, 0.29) is 23.7 Å². The van der Waals surface area contributed by atoms with E-state index in [0.717, 1.165) is 6.08 Å². The third kappa shape index (κ3) is 4.45. The summed E-state index contributed by atoms with van der Waals surface area (Å²) in [5, 5.41) is 9.08. The van der Waals surface area contributed by atoms with Crippen molar-refractivity contribution in [3.63, 3.8) is 0 Å². The van der Waals surface area contributed by atoms with Crippen LogP contribution in [0, 0.1) is 0 Å². The van der Waals surface area contributed by atoms with Crippen LogP contribution in [0.3, 0.4) is 0 Å². The standard InChI is InChI=1S/C10H14O4/c1-4-14-10(13)6-5-9(7(2)11)8(3)12/h5-6,11H,4H2,1-3H3/b6-5+,9-7-. The van der Waals surface area contributed by atoms with Gasteiger partial charge in [-0.15, -0.1) is 0 Å². The summed E-state index contributed by atoms with van der Waals surface area (Å²) in [7, 11) is 0. The Kier molecular flexibility index (Phi) is 5.29. The molecule has 0 unspecified atom stereocenters. The molecule has 0 aromatic rings. The number of rotatable bonds is 4. The number of ether oxygens (including phenoxy) is 1. The van der Waals surface area contributed by atoms with Crippen molar-refractivity contribution in [3.8, 4) is 0 Å². The number of esters is 1. The van der Waals surface area contributed by atoms with Crippen molar-refractivity contribution in [3.05, 3.63) is 23.5 Å². The van der Waals surface area contributed by atoms with E-state index in [2.05, 4.69) is 4.74 Å². The lowest BCUT2D eigenvalue weighted by molar-refractivity contribution is -0.137. The van der Waals surface area contributed by atoms with E-state index >= 15 is 0 Å². The zero-order valence-electron chi connectivity index (χ0n) is 8.53. The first-order chi connectivity index (χ1) is 6.49. The molecule has 0 aromatic carbocycles. The molecule has 0 radical (unpaired) electrons. The monoisotopic (exact) mass is 198 g/mol. The third-order valence-electron chi connectivity index (χ3n) is 1.44. The smallest absolute Gasteiger partial charge is 0.330 e. The predicted octanol–water partition coefficient (Wildman–Crippen LogP) is 1.53. The fourth-order valence-electron chi connectivity index (χ4n) is 0.834. The molecule has 4 nitrogen and oxygen atoms in total. The van der Waals surface area contributed by atoms with Crippen molar-refractivity contribution >= 4 is 11.8 Å². The number of aliphatic hydroxyl groups is 1. The van der Waals surface area contributed by atoms with Gasteiger partial charge in [-0.3, -0.25) is 4.79 Å². The maximum atomic E-state index is 10.9. The molecule has 0 saturated carbocycles. The molecule has 0 atom stereocenters. The fraction of sp³-hybridized carbons (Fsp3) is 0.400. The highest BCUT2D eigenvalue weighted by Crippen LogP contribution is 2.04. The molecule has 4 heteroatoms. The summed E-state index contributed by atoms with van der Waals surface area (Å²) in [6.07, 6.45) is 2.36. The quantitative estimate of drug-likeness (QED) is 0.322. The van der Waals surface area contributed by atoms with Crippen molar-refractivity contribution in [2.24, 2.45) is 0 Å². The van der Waals surface area contributed by atoms with Gasteiger partial charge in [-0.2, -0.15) is 0 Å². The molecular weight excluding hydrogens is 184 g/mol. The van der Waals surface area contributed by atoms with Gasteiger partial charge in [0.25, 0.3) is 0 Å². The van der Waals surface area contributed by atoms with Crippen LogP contribution in [-0.2, 0) is 14.3 Å². The minimum Gasteiger partial charge on any atom is -0.512 e. The average Bonchev–Trinajstić information content (AvgIpc) is 2.03. The lowest BCUT2D eigenvalue weighted by Crippen LogP contribution is -2.02. The van der Waals surface area contributed by atoms with Crippen LogP contribution >= 0.6 is 0 Å². The Morgan fingerprint density at radius 3 is 2.21 bits per heavy atom. The van der Waals surface area contributed by atoms with Gasteiger partial charge in [-0.1, -0.05) is 0 Å². The topological polar surface area (TPSA) is 63.6 Å². The van der Waals surface area contributed by atoms with Gasteiger partial charge < -0.3 is 9.84 Å². The van der Waals surface area contributed by atoms with Crippen LogP contribution in [0.1, 0.15) is 20.8 Å². The molecule has 0 aromatic heterocycles. The Morgan fingerprint density at radius 2 is 1.86 bits per heavy atom. The summed E-state index contributed by atoms with van der Waals surface area (Å²) in [4.78, 5) is 21.8. The molecule has 0 heterocycles. The first-order valence-corrected chi connectivity index (χ1v) is 4.24. The summed E-state index contributed by atoms with van der Waals surface area (Å²) in [5.74, 6) is -0.948. The van der Waals surface area contributed by atoms with Crippen molar-refractivity contribution in [1.82, 2.24) is 0 Å². The van der Waals surface area contributed by atoms with E-state index in [9.17, 15) is 9.59 Å². The molecular formula is C10H14O4. The molecule has 0 aliphatic rings. The molecule has 0 spiro atoms. The van der Waals surface area contributed by atoms with Crippen LogP contribution in [0.4, 0.5) is 0 Å². The predicted molar refractivity (Wildman–Crippen MR) is 51.8 cm³/mol. The highest BCUT2D eigenvalue weighted by molar-refractivity contribution is 5.98. The molecule has 0 saturated heterocycles. The lowest BCUT2D eigenvalue weighted by Gasteiger charge is -1.98. The third-order valence-corrected chi connectivity index (χ3v) is 1.44. The van der Waals surface area contributed by atoms with E-state index in [0.29, 0.717) is 0 Å². The van der Waals surface area contributed by atoms with E-state index in [1.807, 2.05) is 0 Å². The number of hydrogen-bond acceptors (Lipinski definition) is 4. The van der Waals surface area contributed by atoms with Crippen molar-refractivity contribution < 1.29 is 19.4 Å². The zero-order valence-corrected chi connectivity index (χ0v) is 8.53. The molecule has 0 bridgehead atoms. The van der Waals surface area contributed by atoms with Crippen molar-refractivity contribution in [2.75, 3.05) is 6.61 Å². The van der Waals surface area contributed by atoms with Crippen LogP contribution in [0.15, 0.2) is 23.5 Å². The number of hydrogen-bond donors (Lipinski definition) is 1. The second-order valence-corrected chi connectivity index (χ2v) is 2.64. The van der Waals surface area contributed by atoms with Crippen LogP contribution < -0.4 is 0 Å². The summed E-state index contributed by atoms with van der Waals surface area (Å²) in [5.41, 5.74) is 0.109. The van der Waals surface area contributed by atoms with E-state index < -0.39 is 5.97 Å². The second kappa shape index (κ2) is 5.96. The van der Waals surface area contributed by atoms with Crippen molar-refractivity contribution in [1.29, 1.82) is 0 Å². The highest BCUT2D eigenvalue weighted by Gasteiger charge is 2.04. The van der Waals surface area contributed by atoms with Crippen molar-refractivity contribution in [2.45, 2.75) is 20.8 Å². The minimum atomic E-state index is -0.535. The number of carbonyl (C=O) groups is 2. The Bertz CT molecular complexity index is 282. The van der Waals surface area contributed by atoms with Gasteiger partial charge in [0.05, 0.1) is 17.9 Å². The first kappa shape index (κ1) is 12.4. The lowest BCUT2D eigenvalue weighted by atomic mass is 10.1. The minimum absolute atomic E-state index is 0.109. The number of Topliss-reactive ketones (excluding diaryl/α,β-unsaturated/α-hetero) is 1. The molecule has 0 fully saturated rings. The molecule has 14 heavy (non-hydrogen) atoms. The van der Waals surface area contributed by atoms with E-state index in [1.165, 1.54) is 19.9 Å². The summed E-state index contributed by atoms with van der Waals surface area (Å²) >= 11 is 0. The van der Waals surface area contributed by atoms with E-state index in [4.69, 9.17) is 5.11 Å². The molecule has 0 rings (SSSR count). The summed E-state index contributed by atoms with van der Waals surface area (Å²) in [6.45, 7) is 4.65. The molecule has 0 aliphatic heterocycles. The number of aliphatic hydroxyl groups excluding tert-OH is 1. The van der Waals surface area contributed by atoms with E-state index in [1.54, 1.807) is 6.92 Å². The van der Waals surface area contributed by atoms with Crippen LogP contribution in [0.25, 0.3) is 0 Å². The fourth-order valence-corrected chi connectivity index (χ4v) is 0.834. The van der Waals surface area contributed by atoms with Gasteiger partial charge >= 0.3 is 5.97 Å². The number of carbonyl (C=O) groups excluding carboxylic acids is 2. The Balaban J connectivity index is 4.55. The normalized spacial score (nSPS) is 12.5. The Labute approximate surface area is 82.9 Å². The molecule has 78 valence electrons. The largest absolute Gasteiger partial charge is 0.512 e. The van der Waals surface area contributed by atoms with Gasteiger partial charge in [0.15, 0.2) is 5.78 Å². The summed E-state index contributed by atoms with van der Waals surface area (Å²) in [6, 6.07) is 0. The SMILES string of the molecule is CCOC(=O)/C=C/C(C(C)=O)=C(\C)O. The van der Waals surface area contributed by atoms with Gasteiger partial charge in [0.2, 0.25) is 0 Å². The van der Waals surface area contributed by atoms with Gasteiger partial charge in [0.1, 0.15) is 0 Å². The number of ketones is 1. The Hall–Kier alpha value is -1.58. The molecule has 0 aliphatic carbocycles. The van der Waals surface area contributed by atoms with Crippen LogP contribution in [-0.4, -0.2) is 23.5 Å². The van der Waals surface area contributed by atoms with Crippen LogP contribution in [0.2, 0.25) is 0 Å². The molecule has 0 amide bonds. The van der Waals surface area contributed by atoms with Gasteiger partial charge in [0, 0.05) is 6.08 Å². The van der Waals surface area contributed by atoms with Gasteiger partial charge in [-0.05, 0) is 26.8 Å². The number of allylic oxidation sites excluding steroid dienone is 3. The summed E-state index contributed by atoms with van der Waals surface area (Å²) < 4.78 is 4.61. The van der Waals surface area contributed by atoms with Gasteiger partial charge in [-0.25, -0.2) is 4.79 Å². The zero-order chi connectivity index (χ0) is 11.1. The maximum absolute atomic E-state index is 10.9. The average molecular weight is 198 g/mol. The maximum Gasteiger partial charge on any atom is 0.330 e. The highest BCUT2D eigenvalue weighted by atomic mass is 16.5. The van der Waals surface area contributed by atoms with Crippen LogP contribution in [0.5, 0.6) is 0 Å². The Morgan fingerprint density at radius 1 is 1.29 bits per heavy atom. The molecule has 1 N–H and O–H groups in total. The second-order valence-electron chi connectivity index (χ2n) is 2.64.